The van der Waals surface area contributed by atoms with Gasteiger partial charge in [-0.15, -0.1) is 0 Å². The van der Waals surface area contributed by atoms with Gasteiger partial charge in [0.15, 0.2) is 0 Å². The average molecular weight is 197 g/mol. The van der Waals surface area contributed by atoms with Gasteiger partial charge in [0.1, 0.15) is 5.82 Å². The highest BCUT2D eigenvalue weighted by atomic mass is 19.1. The van der Waals surface area contributed by atoms with E-state index in [0.717, 1.165) is 18.8 Å². The summed E-state index contributed by atoms with van der Waals surface area (Å²) in [7, 11) is 0. The van der Waals surface area contributed by atoms with Crippen LogP contribution in [0.2, 0.25) is 0 Å². The second-order valence-corrected chi connectivity index (χ2v) is 3.14. The first-order chi connectivity index (χ1) is 6.77. The van der Waals surface area contributed by atoms with E-state index < -0.39 is 0 Å². The van der Waals surface area contributed by atoms with Gasteiger partial charge in [-0.3, -0.25) is 0 Å². The summed E-state index contributed by atoms with van der Waals surface area (Å²) in [6.07, 6.45) is 0.713. The zero-order valence-corrected chi connectivity index (χ0v) is 8.41. The molecular weight excluding hydrogens is 181 g/mol. The van der Waals surface area contributed by atoms with Gasteiger partial charge in [-0.05, 0) is 31.5 Å². The van der Waals surface area contributed by atoms with Crippen molar-refractivity contribution in [2.75, 3.05) is 24.6 Å². The minimum absolute atomic E-state index is 0.172. The Bertz CT molecular complexity index is 278. The highest BCUT2D eigenvalue weighted by Gasteiger charge is 2.03. The van der Waals surface area contributed by atoms with E-state index in [-0.39, 0.29) is 12.4 Å². The van der Waals surface area contributed by atoms with Crippen LogP contribution in [-0.4, -0.2) is 24.8 Å². The van der Waals surface area contributed by atoms with Crippen LogP contribution in [0, 0.1) is 5.82 Å². The fourth-order valence-electron chi connectivity index (χ4n) is 1.40. The van der Waals surface area contributed by atoms with E-state index in [4.69, 9.17) is 5.11 Å². The van der Waals surface area contributed by atoms with Gasteiger partial charge < -0.3 is 10.0 Å². The lowest BCUT2D eigenvalue weighted by Gasteiger charge is -2.22. The maximum Gasteiger partial charge on any atom is 0.125 e. The highest BCUT2D eigenvalue weighted by molar-refractivity contribution is 5.46. The van der Waals surface area contributed by atoms with Crippen LogP contribution >= 0.6 is 0 Å². The molecule has 1 N–H and O–H groups in total. The zero-order valence-electron chi connectivity index (χ0n) is 8.41. The molecular formula is C11H16FNO. The predicted molar refractivity (Wildman–Crippen MR) is 56.0 cm³/mol. The van der Waals surface area contributed by atoms with Crippen LogP contribution in [0.4, 0.5) is 10.1 Å². The molecule has 0 aliphatic carbocycles. The number of hydrogen-bond donors (Lipinski definition) is 1. The fourth-order valence-corrected chi connectivity index (χ4v) is 1.40. The predicted octanol–water partition coefficient (Wildman–Crippen LogP) is 2.03. The molecule has 78 valence electrons. The lowest BCUT2D eigenvalue weighted by atomic mass is 10.2. The number of benzene rings is 1. The monoisotopic (exact) mass is 197 g/mol. The number of hydrogen-bond acceptors (Lipinski definition) is 2. The summed E-state index contributed by atoms with van der Waals surface area (Å²) >= 11 is 0. The molecule has 2 nitrogen and oxygen atoms in total. The molecule has 0 heterocycles. The molecule has 0 radical (unpaired) electrons. The van der Waals surface area contributed by atoms with E-state index in [1.165, 1.54) is 12.1 Å². The molecule has 0 amide bonds. The van der Waals surface area contributed by atoms with E-state index in [1.807, 2.05) is 17.9 Å². The lowest BCUT2D eigenvalue weighted by molar-refractivity contribution is 0.289. The molecule has 0 aromatic heterocycles. The van der Waals surface area contributed by atoms with Crippen LogP contribution in [0.1, 0.15) is 13.3 Å². The van der Waals surface area contributed by atoms with Gasteiger partial charge in [0.25, 0.3) is 0 Å². The first-order valence-electron chi connectivity index (χ1n) is 4.89. The quantitative estimate of drug-likeness (QED) is 0.780. The van der Waals surface area contributed by atoms with Crippen molar-refractivity contribution in [3.63, 3.8) is 0 Å². The third-order valence-corrected chi connectivity index (χ3v) is 2.14. The molecule has 0 atom stereocenters. The van der Waals surface area contributed by atoms with E-state index >= 15 is 0 Å². The van der Waals surface area contributed by atoms with Crippen LogP contribution in [0.5, 0.6) is 0 Å². The smallest absolute Gasteiger partial charge is 0.125 e. The van der Waals surface area contributed by atoms with Crippen molar-refractivity contribution >= 4 is 5.69 Å². The van der Waals surface area contributed by atoms with Crippen molar-refractivity contribution < 1.29 is 9.50 Å². The number of aliphatic hydroxyl groups excluding tert-OH is 1. The normalized spacial score (nSPS) is 10.2. The Labute approximate surface area is 84.0 Å². The Balaban J connectivity index is 2.68. The van der Waals surface area contributed by atoms with E-state index in [0.29, 0.717) is 6.42 Å². The molecule has 1 aromatic carbocycles. The standard InChI is InChI=1S/C11H16FNO/c1-2-13(7-4-8-14)11-6-3-5-10(12)9-11/h3,5-6,9,14H,2,4,7-8H2,1H3. The molecule has 0 fully saturated rings. The van der Waals surface area contributed by atoms with Crippen molar-refractivity contribution in [1.82, 2.24) is 0 Å². The van der Waals surface area contributed by atoms with Gasteiger partial charge in [-0.25, -0.2) is 4.39 Å². The Morgan fingerprint density at radius 1 is 1.43 bits per heavy atom. The van der Waals surface area contributed by atoms with Crippen LogP contribution in [0.3, 0.4) is 0 Å². The van der Waals surface area contributed by atoms with Crippen molar-refractivity contribution in [2.24, 2.45) is 0 Å². The largest absolute Gasteiger partial charge is 0.396 e. The minimum atomic E-state index is -0.218. The van der Waals surface area contributed by atoms with Crippen LogP contribution in [-0.2, 0) is 0 Å². The first-order valence-corrected chi connectivity index (χ1v) is 4.89. The highest BCUT2D eigenvalue weighted by Crippen LogP contribution is 2.15. The Hall–Kier alpha value is -1.09. The number of rotatable bonds is 5. The van der Waals surface area contributed by atoms with E-state index in [2.05, 4.69) is 0 Å². The minimum Gasteiger partial charge on any atom is -0.396 e. The van der Waals surface area contributed by atoms with Gasteiger partial charge >= 0.3 is 0 Å². The molecule has 0 bridgehead atoms. The fraction of sp³-hybridized carbons (Fsp3) is 0.455. The molecule has 14 heavy (non-hydrogen) atoms. The molecule has 0 unspecified atom stereocenters. The molecule has 0 aliphatic heterocycles. The molecule has 0 saturated carbocycles. The third-order valence-electron chi connectivity index (χ3n) is 2.14. The molecule has 1 rings (SSSR count). The van der Waals surface area contributed by atoms with Gasteiger partial charge in [0.05, 0.1) is 0 Å². The molecule has 1 aromatic rings. The van der Waals surface area contributed by atoms with Crippen molar-refractivity contribution in [3.05, 3.63) is 30.1 Å². The second kappa shape index (κ2) is 5.60. The zero-order chi connectivity index (χ0) is 10.4. The summed E-state index contributed by atoms with van der Waals surface area (Å²) in [4.78, 5) is 2.04. The molecule has 0 spiro atoms. The number of halogens is 1. The summed E-state index contributed by atoms with van der Waals surface area (Å²) in [6.45, 7) is 3.77. The average Bonchev–Trinajstić information content (AvgIpc) is 2.19. The summed E-state index contributed by atoms with van der Waals surface area (Å²) in [5.41, 5.74) is 0.876. The number of anilines is 1. The van der Waals surface area contributed by atoms with Crippen LogP contribution in [0.25, 0.3) is 0 Å². The van der Waals surface area contributed by atoms with Crippen LogP contribution in [0.15, 0.2) is 24.3 Å². The summed E-state index contributed by atoms with van der Waals surface area (Å²) in [5, 5.41) is 8.71. The summed E-state index contributed by atoms with van der Waals surface area (Å²) in [6, 6.07) is 6.53. The molecule has 0 saturated heterocycles. The summed E-state index contributed by atoms with van der Waals surface area (Å²) in [5.74, 6) is -0.218. The Kier molecular flexibility index (Phi) is 4.40. The second-order valence-electron chi connectivity index (χ2n) is 3.14. The van der Waals surface area contributed by atoms with E-state index in [9.17, 15) is 4.39 Å². The van der Waals surface area contributed by atoms with Crippen molar-refractivity contribution in [1.29, 1.82) is 0 Å². The van der Waals surface area contributed by atoms with E-state index in [1.54, 1.807) is 6.07 Å². The number of nitrogens with zero attached hydrogens (tertiary/aromatic N) is 1. The first kappa shape index (κ1) is 11.0. The molecule has 3 heteroatoms. The van der Waals surface area contributed by atoms with Crippen molar-refractivity contribution in [3.8, 4) is 0 Å². The lowest BCUT2D eigenvalue weighted by Crippen LogP contribution is -2.24. The summed E-state index contributed by atoms with van der Waals surface area (Å²) < 4.78 is 12.9. The maximum absolute atomic E-state index is 12.9. The van der Waals surface area contributed by atoms with Crippen molar-refractivity contribution in [2.45, 2.75) is 13.3 Å². The van der Waals surface area contributed by atoms with Crippen LogP contribution < -0.4 is 4.90 Å². The van der Waals surface area contributed by atoms with Gasteiger partial charge in [-0.2, -0.15) is 0 Å². The Morgan fingerprint density at radius 3 is 2.79 bits per heavy atom. The Morgan fingerprint density at radius 2 is 2.21 bits per heavy atom. The molecule has 0 aliphatic rings. The SMILES string of the molecule is CCN(CCCO)c1cccc(F)c1. The van der Waals surface area contributed by atoms with Gasteiger partial charge in [-0.1, -0.05) is 6.07 Å². The number of aliphatic hydroxyl groups is 1. The topological polar surface area (TPSA) is 23.5 Å². The van der Waals surface area contributed by atoms with Gasteiger partial charge in [0, 0.05) is 25.4 Å². The third kappa shape index (κ3) is 3.00. The maximum atomic E-state index is 12.9. The van der Waals surface area contributed by atoms with Gasteiger partial charge in [0.2, 0.25) is 0 Å².